The molecule has 2 N–H and O–H groups in total. The first kappa shape index (κ1) is 27.7. The van der Waals surface area contributed by atoms with Crippen molar-refractivity contribution in [2.45, 2.75) is 44.2 Å². The molecule has 0 fully saturated rings. The van der Waals surface area contributed by atoms with E-state index < -0.39 is 33.7 Å². The van der Waals surface area contributed by atoms with Gasteiger partial charge in [-0.3, -0.25) is 14.4 Å². The van der Waals surface area contributed by atoms with Crippen LogP contribution < -0.4 is 14.8 Å². The number of hydrogen-bond donors (Lipinski definition) is 2. The molecule has 0 radical (unpaired) electrons. The van der Waals surface area contributed by atoms with Crippen LogP contribution in [0.2, 0.25) is 5.02 Å². The maximum atomic E-state index is 12.9. The predicted octanol–water partition coefficient (Wildman–Crippen LogP) is 5.11. The summed E-state index contributed by atoms with van der Waals surface area (Å²) in [6.07, 6.45) is -0.648. The number of halogens is 2. The van der Waals surface area contributed by atoms with E-state index in [9.17, 15) is 18.0 Å². The molecule has 0 aliphatic carbocycles. The zero-order valence-electron chi connectivity index (χ0n) is 19.6. The number of ether oxygens (including phenoxy) is 2. The number of amides is 2. The lowest BCUT2D eigenvalue weighted by atomic mass is 10.2. The topological polar surface area (TPSA) is 114 Å². The summed E-state index contributed by atoms with van der Waals surface area (Å²) in [6.45, 7) is 6.72. The highest BCUT2D eigenvalue weighted by atomic mass is 79.9. The van der Waals surface area contributed by atoms with Gasteiger partial charge in [-0.2, -0.15) is 0 Å². The maximum Gasteiger partial charge on any atom is 0.410 e. The number of sulfonamides is 1. The molecule has 9 nitrogen and oxygen atoms in total. The van der Waals surface area contributed by atoms with E-state index in [-0.39, 0.29) is 27.0 Å². The van der Waals surface area contributed by atoms with Crippen LogP contribution in [0.15, 0.2) is 45.8 Å². The van der Waals surface area contributed by atoms with Crippen LogP contribution in [-0.4, -0.2) is 51.1 Å². The number of anilines is 2. The largest absolute Gasteiger partial charge is 0.495 e. The van der Waals surface area contributed by atoms with Crippen LogP contribution in [0.5, 0.6) is 5.75 Å². The van der Waals surface area contributed by atoms with Gasteiger partial charge in [-0.05, 0) is 64.1 Å². The number of methoxy groups -OCH3 is 1. The second-order valence-corrected chi connectivity index (χ2v) is 11.3. The molecule has 2 aromatic rings. The van der Waals surface area contributed by atoms with Crippen LogP contribution in [0.4, 0.5) is 16.2 Å². The fourth-order valence-corrected chi connectivity index (χ4v) is 4.77. The first-order valence-electron chi connectivity index (χ1n) is 10.1. The highest BCUT2D eigenvalue weighted by molar-refractivity contribution is 9.10. The highest BCUT2D eigenvalue weighted by Crippen LogP contribution is 2.32. The summed E-state index contributed by atoms with van der Waals surface area (Å²) in [5.41, 5.74) is -0.330. The second kappa shape index (κ2) is 10.8. The van der Waals surface area contributed by atoms with Crippen molar-refractivity contribution in [1.82, 2.24) is 4.90 Å². The van der Waals surface area contributed by atoms with Crippen molar-refractivity contribution in [2.24, 2.45) is 0 Å². The molecule has 0 aliphatic heterocycles. The third kappa shape index (κ3) is 7.25. The van der Waals surface area contributed by atoms with E-state index in [1.807, 2.05) is 0 Å². The molecule has 2 aromatic carbocycles. The molecular weight excluding hydrogens is 550 g/mol. The Morgan fingerprint density at radius 1 is 1.15 bits per heavy atom. The van der Waals surface area contributed by atoms with Gasteiger partial charge in [0, 0.05) is 17.2 Å². The summed E-state index contributed by atoms with van der Waals surface area (Å²) < 4.78 is 39.4. The Hall–Kier alpha value is -2.50. The number of hydrogen-bond acceptors (Lipinski definition) is 6. The molecule has 0 saturated heterocycles. The monoisotopic (exact) mass is 575 g/mol. The Kier molecular flexibility index (Phi) is 8.84. The van der Waals surface area contributed by atoms with E-state index >= 15 is 0 Å². The highest BCUT2D eigenvalue weighted by Gasteiger charge is 2.27. The Labute approximate surface area is 212 Å². The summed E-state index contributed by atoms with van der Waals surface area (Å²) in [5.74, 6) is -0.267. The van der Waals surface area contributed by atoms with Crippen molar-refractivity contribution in [1.29, 1.82) is 0 Å². The molecule has 0 saturated carbocycles. The lowest BCUT2D eigenvalue weighted by Crippen LogP contribution is -2.45. The summed E-state index contributed by atoms with van der Waals surface area (Å²) in [5, 5.41) is 2.70. The zero-order valence-corrected chi connectivity index (χ0v) is 22.8. The Morgan fingerprint density at radius 3 is 2.35 bits per heavy atom. The van der Waals surface area contributed by atoms with Crippen LogP contribution in [0.3, 0.4) is 0 Å². The van der Waals surface area contributed by atoms with Gasteiger partial charge >= 0.3 is 6.09 Å². The maximum absolute atomic E-state index is 12.9. The van der Waals surface area contributed by atoms with Gasteiger partial charge in [0.25, 0.3) is 10.0 Å². The van der Waals surface area contributed by atoms with Crippen molar-refractivity contribution >= 4 is 60.9 Å². The molecule has 2 rings (SSSR count). The van der Waals surface area contributed by atoms with E-state index in [0.29, 0.717) is 4.47 Å². The number of carbonyl (C=O) groups is 2. The molecule has 0 unspecified atom stereocenters. The summed E-state index contributed by atoms with van der Waals surface area (Å²) in [4.78, 5) is 26.0. The summed E-state index contributed by atoms with van der Waals surface area (Å²) in [7, 11) is -1.22. The number of nitrogens with zero attached hydrogens (tertiary/aromatic N) is 1. The van der Waals surface area contributed by atoms with Gasteiger partial charge in [-0.1, -0.05) is 27.5 Å². The van der Waals surface area contributed by atoms with Crippen LogP contribution in [-0.2, 0) is 19.6 Å². The molecule has 2 amide bonds. The van der Waals surface area contributed by atoms with Gasteiger partial charge in [0.05, 0.1) is 17.8 Å². The molecule has 34 heavy (non-hydrogen) atoms. The first-order valence-corrected chi connectivity index (χ1v) is 12.7. The molecule has 0 spiro atoms. The zero-order chi connectivity index (χ0) is 25.8. The normalized spacial score (nSPS) is 12.5. The number of carbonyl (C=O) groups excluding carboxylic acids is 2. The van der Waals surface area contributed by atoms with Crippen molar-refractivity contribution in [2.75, 3.05) is 24.2 Å². The van der Waals surface area contributed by atoms with E-state index in [4.69, 9.17) is 21.1 Å². The SMILES string of the molecule is COc1ccc(NC(=O)[C@H](C)N(C)C(=O)OC(C)(C)C)cc1NS(=O)(=O)c1ccc(Br)cc1Cl. The van der Waals surface area contributed by atoms with E-state index in [1.54, 1.807) is 39.8 Å². The quantitative estimate of drug-likeness (QED) is 0.474. The van der Waals surface area contributed by atoms with Crippen LogP contribution in [0.1, 0.15) is 27.7 Å². The number of likely N-dealkylation sites (N-methyl/N-ethyl adjacent to an activating group) is 1. The Morgan fingerprint density at radius 2 is 1.79 bits per heavy atom. The van der Waals surface area contributed by atoms with E-state index in [2.05, 4.69) is 26.0 Å². The molecule has 1 atom stereocenters. The molecule has 0 bridgehead atoms. The van der Waals surface area contributed by atoms with Gasteiger partial charge in [0.15, 0.2) is 0 Å². The van der Waals surface area contributed by atoms with Crippen LogP contribution in [0, 0.1) is 0 Å². The minimum Gasteiger partial charge on any atom is -0.495 e. The predicted molar refractivity (Wildman–Crippen MR) is 135 cm³/mol. The van der Waals surface area contributed by atoms with Gasteiger partial charge in [-0.15, -0.1) is 0 Å². The second-order valence-electron chi connectivity index (χ2n) is 8.35. The van der Waals surface area contributed by atoms with Crippen LogP contribution in [0.25, 0.3) is 0 Å². The van der Waals surface area contributed by atoms with Crippen LogP contribution >= 0.6 is 27.5 Å². The number of rotatable bonds is 7. The van der Waals surface area contributed by atoms with Crippen molar-refractivity contribution in [3.05, 3.63) is 45.9 Å². The molecule has 0 aliphatic rings. The van der Waals surface area contributed by atoms with Gasteiger partial charge in [-0.25, -0.2) is 13.2 Å². The summed E-state index contributed by atoms with van der Waals surface area (Å²) >= 11 is 9.34. The minimum absolute atomic E-state index is 0.0318. The number of benzene rings is 2. The molecule has 0 aromatic heterocycles. The fourth-order valence-electron chi connectivity index (χ4n) is 2.67. The molecular formula is C22H27BrClN3O6S. The fraction of sp³-hybridized carbons (Fsp3) is 0.364. The minimum atomic E-state index is -4.06. The Bertz CT molecular complexity index is 1180. The molecule has 186 valence electrons. The van der Waals surface area contributed by atoms with Crippen molar-refractivity contribution < 1.29 is 27.5 Å². The molecule has 0 heterocycles. The van der Waals surface area contributed by atoms with Gasteiger partial charge < -0.3 is 14.8 Å². The Balaban J connectivity index is 2.24. The first-order chi connectivity index (χ1) is 15.6. The van der Waals surface area contributed by atoms with E-state index in [1.165, 1.54) is 43.3 Å². The van der Waals surface area contributed by atoms with Gasteiger partial charge in [0.1, 0.15) is 22.3 Å². The van der Waals surface area contributed by atoms with Crippen molar-refractivity contribution in [3.63, 3.8) is 0 Å². The molecule has 12 heteroatoms. The summed E-state index contributed by atoms with van der Waals surface area (Å²) in [6, 6.07) is 7.96. The lowest BCUT2D eigenvalue weighted by molar-refractivity contribution is -0.120. The smallest absolute Gasteiger partial charge is 0.410 e. The van der Waals surface area contributed by atoms with E-state index in [0.717, 1.165) is 0 Å². The lowest BCUT2D eigenvalue weighted by Gasteiger charge is -2.28. The average molecular weight is 577 g/mol. The number of nitrogens with one attached hydrogen (secondary N) is 2. The standard InChI is InChI=1S/C22H27BrClN3O6S/c1-13(27(5)21(29)33-22(2,3)4)20(28)25-15-8-9-18(32-6)17(12-15)26-34(30,31)19-10-7-14(23)11-16(19)24/h7-13,26H,1-6H3,(H,25,28)/t13-/m0/s1. The van der Waals surface area contributed by atoms with Crippen molar-refractivity contribution in [3.8, 4) is 5.75 Å². The van der Waals surface area contributed by atoms with Gasteiger partial charge in [0.2, 0.25) is 5.91 Å². The average Bonchev–Trinajstić information content (AvgIpc) is 2.71. The third-order valence-electron chi connectivity index (χ3n) is 4.54. The third-order valence-corrected chi connectivity index (χ3v) is 6.88.